The number of carboxylic acids is 1. The second kappa shape index (κ2) is 5.55. The molecule has 0 spiro atoms. The molecule has 0 fully saturated rings. The van der Waals surface area contributed by atoms with Crippen molar-refractivity contribution < 1.29 is 9.90 Å². The van der Waals surface area contributed by atoms with E-state index in [4.69, 9.17) is 0 Å². The van der Waals surface area contributed by atoms with E-state index in [1.807, 2.05) is 18.2 Å². The van der Waals surface area contributed by atoms with Crippen molar-refractivity contribution in [2.45, 2.75) is 19.3 Å². The van der Waals surface area contributed by atoms with E-state index in [1.165, 1.54) is 6.33 Å². The number of aryl methyl sites for hydroxylation is 1. The molecular formula is C18H16N6O2. The summed E-state index contributed by atoms with van der Waals surface area (Å²) in [5, 5.41) is 21.6. The zero-order valence-corrected chi connectivity index (χ0v) is 13.8. The van der Waals surface area contributed by atoms with Gasteiger partial charge in [0.25, 0.3) is 0 Å². The summed E-state index contributed by atoms with van der Waals surface area (Å²) < 4.78 is 0. The van der Waals surface area contributed by atoms with Crippen LogP contribution in [-0.2, 0) is 17.6 Å². The topological polar surface area (TPSA) is 120 Å². The van der Waals surface area contributed by atoms with Crippen molar-refractivity contribution in [3.8, 4) is 0 Å². The van der Waals surface area contributed by atoms with E-state index in [1.54, 1.807) is 6.20 Å². The maximum Gasteiger partial charge on any atom is 0.306 e. The fraction of sp³-hybridized carbons (Fsp3) is 0.222. The second-order valence-corrected chi connectivity index (χ2v) is 6.60. The third kappa shape index (κ3) is 2.30. The third-order valence-electron chi connectivity index (χ3n) is 5.03. The molecule has 4 N–H and O–H groups in total. The van der Waals surface area contributed by atoms with Gasteiger partial charge in [-0.2, -0.15) is 5.10 Å². The lowest BCUT2D eigenvalue weighted by Gasteiger charge is -2.19. The van der Waals surface area contributed by atoms with Gasteiger partial charge in [0.15, 0.2) is 0 Å². The van der Waals surface area contributed by atoms with Crippen LogP contribution >= 0.6 is 0 Å². The number of fused-ring (bicyclic) bond motifs is 4. The summed E-state index contributed by atoms with van der Waals surface area (Å²) in [6.45, 7) is 0. The molecule has 8 heteroatoms. The summed E-state index contributed by atoms with van der Waals surface area (Å²) in [5.74, 6) is -0.431. The minimum absolute atomic E-state index is 0.364. The van der Waals surface area contributed by atoms with Crippen molar-refractivity contribution in [1.29, 1.82) is 0 Å². The Bertz CT molecular complexity index is 1150. The maximum atomic E-state index is 11.4. The normalized spacial score (nSPS) is 16.7. The molecule has 1 aromatic carbocycles. The van der Waals surface area contributed by atoms with Gasteiger partial charge in [-0.05, 0) is 43.0 Å². The molecule has 1 aliphatic rings. The molecule has 3 aromatic heterocycles. The van der Waals surface area contributed by atoms with Gasteiger partial charge in [0.2, 0.25) is 0 Å². The van der Waals surface area contributed by atoms with Crippen LogP contribution in [0, 0.1) is 5.92 Å². The fourth-order valence-electron chi connectivity index (χ4n) is 3.70. The third-order valence-corrected chi connectivity index (χ3v) is 5.03. The Morgan fingerprint density at radius 2 is 2.23 bits per heavy atom. The number of aromatic nitrogens is 5. The van der Waals surface area contributed by atoms with Gasteiger partial charge in [-0.25, -0.2) is 9.97 Å². The van der Waals surface area contributed by atoms with E-state index in [2.05, 4.69) is 30.5 Å². The first-order valence-electron chi connectivity index (χ1n) is 8.46. The van der Waals surface area contributed by atoms with Gasteiger partial charge in [-0.15, -0.1) is 0 Å². The van der Waals surface area contributed by atoms with E-state index < -0.39 is 5.97 Å². The van der Waals surface area contributed by atoms with Crippen LogP contribution in [0.15, 0.2) is 30.7 Å². The van der Waals surface area contributed by atoms with E-state index in [9.17, 15) is 9.90 Å². The fourth-order valence-corrected chi connectivity index (χ4v) is 3.70. The lowest BCUT2D eigenvalue weighted by atomic mass is 9.86. The quantitative estimate of drug-likeness (QED) is 0.452. The van der Waals surface area contributed by atoms with Crippen LogP contribution in [0.4, 0.5) is 11.5 Å². The Labute approximate surface area is 147 Å². The molecule has 0 unspecified atom stereocenters. The average Bonchev–Trinajstić information content (AvgIpc) is 3.25. The molecule has 0 bridgehead atoms. The van der Waals surface area contributed by atoms with Gasteiger partial charge in [0.1, 0.15) is 17.8 Å². The van der Waals surface area contributed by atoms with Crippen LogP contribution in [-0.4, -0.2) is 36.2 Å². The van der Waals surface area contributed by atoms with Gasteiger partial charge >= 0.3 is 5.97 Å². The minimum Gasteiger partial charge on any atom is -0.481 e. The highest BCUT2D eigenvalue weighted by molar-refractivity contribution is 5.94. The molecule has 0 saturated heterocycles. The lowest BCUT2D eigenvalue weighted by molar-refractivity contribution is -0.142. The van der Waals surface area contributed by atoms with E-state index >= 15 is 0 Å². The Morgan fingerprint density at radius 3 is 3.12 bits per heavy atom. The molecule has 8 nitrogen and oxygen atoms in total. The van der Waals surface area contributed by atoms with Crippen LogP contribution in [0.25, 0.3) is 21.9 Å². The summed E-state index contributed by atoms with van der Waals surface area (Å²) in [4.78, 5) is 23.5. The largest absolute Gasteiger partial charge is 0.481 e. The molecular weight excluding hydrogens is 332 g/mol. The number of benzene rings is 1. The average molecular weight is 348 g/mol. The molecule has 130 valence electrons. The smallest absolute Gasteiger partial charge is 0.306 e. The highest BCUT2D eigenvalue weighted by Crippen LogP contribution is 2.35. The number of anilines is 2. The Balaban J connectivity index is 1.59. The van der Waals surface area contributed by atoms with Gasteiger partial charge in [-0.3, -0.25) is 9.89 Å². The van der Waals surface area contributed by atoms with Gasteiger partial charge in [0.05, 0.1) is 23.0 Å². The summed E-state index contributed by atoms with van der Waals surface area (Å²) in [6, 6.07) is 5.90. The number of aromatic amines is 2. The Hall–Kier alpha value is -3.42. The zero-order chi connectivity index (χ0) is 17.7. The lowest BCUT2D eigenvalue weighted by Crippen LogP contribution is -2.21. The minimum atomic E-state index is -0.748. The number of hydrogen-bond donors (Lipinski definition) is 4. The summed E-state index contributed by atoms with van der Waals surface area (Å²) in [6.07, 6.45) is 5.13. The SMILES string of the molecule is O=C(O)[C@H]1CCc2[nH]c3ncnc(Nc4ccc5[nH]ncc5c4)c3c2C1. The van der Waals surface area contributed by atoms with Crippen LogP contribution in [0.1, 0.15) is 17.7 Å². The number of aliphatic carboxylic acids is 1. The van der Waals surface area contributed by atoms with Crippen molar-refractivity contribution >= 4 is 39.4 Å². The molecule has 3 heterocycles. The predicted molar refractivity (Wildman–Crippen MR) is 96.4 cm³/mol. The number of rotatable bonds is 3. The Morgan fingerprint density at radius 1 is 1.31 bits per heavy atom. The number of carboxylic acid groups (broad SMARTS) is 1. The molecule has 0 saturated carbocycles. The van der Waals surface area contributed by atoms with Crippen LogP contribution in [0.3, 0.4) is 0 Å². The molecule has 0 aliphatic heterocycles. The molecule has 1 atom stereocenters. The van der Waals surface area contributed by atoms with E-state index in [-0.39, 0.29) is 5.92 Å². The van der Waals surface area contributed by atoms with Crippen LogP contribution in [0.2, 0.25) is 0 Å². The second-order valence-electron chi connectivity index (χ2n) is 6.60. The van der Waals surface area contributed by atoms with Crippen molar-refractivity contribution in [2.75, 3.05) is 5.32 Å². The van der Waals surface area contributed by atoms with Gasteiger partial charge in [-0.1, -0.05) is 0 Å². The number of hydrogen-bond acceptors (Lipinski definition) is 5. The first-order valence-corrected chi connectivity index (χ1v) is 8.46. The van der Waals surface area contributed by atoms with E-state index in [0.717, 1.165) is 38.9 Å². The molecule has 26 heavy (non-hydrogen) atoms. The maximum absolute atomic E-state index is 11.4. The number of nitrogens with zero attached hydrogens (tertiary/aromatic N) is 3. The molecule has 5 rings (SSSR count). The molecule has 1 aliphatic carbocycles. The summed E-state index contributed by atoms with van der Waals surface area (Å²) in [5.41, 5.74) is 4.66. The first-order chi connectivity index (χ1) is 12.7. The van der Waals surface area contributed by atoms with Gasteiger partial charge in [0, 0.05) is 16.8 Å². The van der Waals surface area contributed by atoms with Crippen molar-refractivity contribution in [2.24, 2.45) is 5.92 Å². The Kier molecular flexibility index (Phi) is 3.18. The number of carbonyl (C=O) groups is 1. The molecule has 0 radical (unpaired) electrons. The predicted octanol–water partition coefficient (Wildman–Crippen LogP) is 2.77. The van der Waals surface area contributed by atoms with Crippen molar-refractivity contribution in [1.82, 2.24) is 25.1 Å². The van der Waals surface area contributed by atoms with Crippen molar-refractivity contribution in [3.05, 3.63) is 42.0 Å². The summed E-state index contributed by atoms with van der Waals surface area (Å²) >= 11 is 0. The molecule has 4 aromatic rings. The van der Waals surface area contributed by atoms with Crippen LogP contribution < -0.4 is 5.32 Å². The van der Waals surface area contributed by atoms with Crippen molar-refractivity contribution in [3.63, 3.8) is 0 Å². The monoisotopic (exact) mass is 348 g/mol. The number of H-pyrrole nitrogens is 2. The number of nitrogens with one attached hydrogen (secondary N) is 3. The molecule has 0 amide bonds. The highest BCUT2D eigenvalue weighted by Gasteiger charge is 2.28. The standard InChI is InChI=1S/C18H16N6O2/c25-18(26)9-1-3-14-12(6-9)15-16(19-8-20-17(15)23-14)22-11-2-4-13-10(5-11)7-21-24-13/h2,4-5,7-9H,1,3,6H2,(H,21,24)(H,25,26)(H2,19,20,22,23)/t9-/m0/s1. The van der Waals surface area contributed by atoms with E-state index in [0.29, 0.717) is 25.1 Å². The van der Waals surface area contributed by atoms with Crippen LogP contribution in [0.5, 0.6) is 0 Å². The zero-order valence-electron chi connectivity index (χ0n) is 13.8. The first kappa shape index (κ1) is 14.9. The summed E-state index contributed by atoms with van der Waals surface area (Å²) in [7, 11) is 0. The van der Waals surface area contributed by atoms with Gasteiger partial charge < -0.3 is 15.4 Å². The highest BCUT2D eigenvalue weighted by atomic mass is 16.4.